The van der Waals surface area contributed by atoms with Gasteiger partial charge >= 0.3 is 5.97 Å². The lowest BCUT2D eigenvalue weighted by Crippen LogP contribution is -2.26. The van der Waals surface area contributed by atoms with Gasteiger partial charge in [-0.15, -0.1) is 11.3 Å². The zero-order chi connectivity index (χ0) is 26.3. The molecule has 0 bridgehead atoms. The first-order chi connectivity index (χ1) is 17.7. The summed E-state index contributed by atoms with van der Waals surface area (Å²) in [4.78, 5) is 32.7. The number of nitrogens with zero attached hydrogens (tertiary/aromatic N) is 1. The lowest BCUT2D eigenvalue weighted by atomic mass is 9.72. The third-order valence-electron chi connectivity index (χ3n) is 7.38. The van der Waals surface area contributed by atoms with Crippen molar-refractivity contribution in [2.75, 3.05) is 12.4 Å². The van der Waals surface area contributed by atoms with Gasteiger partial charge in [-0.3, -0.25) is 4.79 Å². The van der Waals surface area contributed by atoms with Crippen molar-refractivity contribution in [2.24, 2.45) is 11.3 Å². The maximum absolute atomic E-state index is 13.8. The molecule has 1 amide bonds. The molecule has 190 valence electrons. The minimum Gasteiger partial charge on any atom is -0.465 e. The van der Waals surface area contributed by atoms with Crippen molar-refractivity contribution in [3.8, 4) is 11.3 Å². The molecule has 0 fully saturated rings. The van der Waals surface area contributed by atoms with Gasteiger partial charge in [0.15, 0.2) is 0 Å². The van der Waals surface area contributed by atoms with E-state index in [0.717, 1.165) is 52.5 Å². The molecule has 6 heteroatoms. The summed E-state index contributed by atoms with van der Waals surface area (Å²) in [6, 6.07) is 17.6. The lowest BCUT2D eigenvalue weighted by molar-refractivity contribution is 0.0600. The number of para-hydroxylation sites is 1. The smallest absolute Gasteiger partial charge is 0.341 e. The number of amides is 1. The van der Waals surface area contributed by atoms with E-state index in [1.807, 2.05) is 55.5 Å². The summed E-state index contributed by atoms with van der Waals surface area (Å²) in [5, 5.41) is 4.42. The summed E-state index contributed by atoms with van der Waals surface area (Å²) in [7, 11) is 1.39. The Labute approximate surface area is 221 Å². The van der Waals surface area contributed by atoms with E-state index in [0.29, 0.717) is 22.0 Å². The van der Waals surface area contributed by atoms with Crippen LogP contribution in [0.3, 0.4) is 0 Å². The van der Waals surface area contributed by atoms with Gasteiger partial charge in [0.2, 0.25) is 0 Å². The second-order valence-electron chi connectivity index (χ2n) is 10.9. The Morgan fingerprint density at radius 3 is 2.59 bits per heavy atom. The van der Waals surface area contributed by atoms with Gasteiger partial charge < -0.3 is 10.1 Å². The van der Waals surface area contributed by atoms with Crippen LogP contribution in [0.4, 0.5) is 5.00 Å². The molecule has 0 unspecified atom stereocenters. The molecular weight excluding hydrogens is 480 g/mol. The van der Waals surface area contributed by atoms with Crippen molar-refractivity contribution in [2.45, 2.75) is 47.0 Å². The van der Waals surface area contributed by atoms with E-state index in [4.69, 9.17) is 9.72 Å². The topological polar surface area (TPSA) is 68.3 Å². The Balaban J connectivity index is 1.56. The largest absolute Gasteiger partial charge is 0.465 e. The Morgan fingerprint density at radius 2 is 1.86 bits per heavy atom. The number of rotatable bonds is 4. The van der Waals surface area contributed by atoms with Crippen LogP contribution in [0.25, 0.3) is 22.2 Å². The minimum absolute atomic E-state index is 0.179. The number of thiophene rings is 1. The zero-order valence-electron chi connectivity index (χ0n) is 22.0. The summed E-state index contributed by atoms with van der Waals surface area (Å²) in [5.74, 6) is -0.139. The fourth-order valence-corrected chi connectivity index (χ4v) is 6.53. The maximum atomic E-state index is 13.8. The van der Waals surface area contributed by atoms with Gasteiger partial charge in [0.05, 0.1) is 29.4 Å². The number of methoxy groups -OCH3 is 1. The molecule has 2 heterocycles. The Bertz CT molecular complexity index is 1510. The Kier molecular flexibility index (Phi) is 6.63. The predicted octanol–water partition coefficient (Wildman–Crippen LogP) is 7.46. The van der Waals surface area contributed by atoms with Crippen LogP contribution in [0.15, 0.2) is 54.6 Å². The van der Waals surface area contributed by atoms with Crippen LogP contribution in [-0.4, -0.2) is 24.0 Å². The van der Waals surface area contributed by atoms with Crippen molar-refractivity contribution in [1.29, 1.82) is 0 Å². The third kappa shape index (κ3) is 4.90. The quantitative estimate of drug-likeness (QED) is 0.288. The molecule has 5 rings (SSSR count). The number of hydrogen-bond donors (Lipinski definition) is 1. The number of carbonyl (C=O) groups is 2. The second kappa shape index (κ2) is 9.75. The fraction of sp³-hybridized carbons (Fsp3) is 0.323. The highest BCUT2D eigenvalue weighted by atomic mass is 32.1. The van der Waals surface area contributed by atoms with Crippen molar-refractivity contribution in [1.82, 2.24) is 4.98 Å². The summed E-state index contributed by atoms with van der Waals surface area (Å²) in [6.45, 7) is 8.83. The van der Waals surface area contributed by atoms with E-state index in [2.05, 4.69) is 32.2 Å². The van der Waals surface area contributed by atoms with Crippen molar-refractivity contribution in [3.05, 3.63) is 81.7 Å². The zero-order valence-corrected chi connectivity index (χ0v) is 22.8. The van der Waals surface area contributed by atoms with Gasteiger partial charge in [0, 0.05) is 15.8 Å². The van der Waals surface area contributed by atoms with Gasteiger partial charge in [-0.1, -0.05) is 62.7 Å². The number of fused-ring (bicyclic) bond motifs is 2. The molecule has 1 atom stereocenters. The molecule has 4 aromatic rings. The van der Waals surface area contributed by atoms with E-state index >= 15 is 0 Å². The van der Waals surface area contributed by atoms with Gasteiger partial charge in [0.1, 0.15) is 5.00 Å². The molecule has 1 aliphatic carbocycles. The van der Waals surface area contributed by atoms with E-state index in [-0.39, 0.29) is 11.3 Å². The van der Waals surface area contributed by atoms with Crippen molar-refractivity contribution < 1.29 is 14.3 Å². The molecule has 0 saturated carbocycles. The normalized spacial score (nSPS) is 15.3. The average Bonchev–Trinajstić information content (AvgIpc) is 3.24. The Morgan fingerprint density at radius 1 is 1.08 bits per heavy atom. The SMILES string of the molecule is COC(=O)c1c(NC(=O)c2cc(-c3cccc(C)c3)nc3ccccc23)sc2c1CC[C@H](C(C)(C)C)C2. The monoisotopic (exact) mass is 512 g/mol. The van der Waals surface area contributed by atoms with E-state index in [1.165, 1.54) is 23.3 Å². The van der Waals surface area contributed by atoms with Crippen LogP contribution < -0.4 is 5.32 Å². The number of benzene rings is 2. The molecule has 2 aromatic carbocycles. The summed E-state index contributed by atoms with van der Waals surface area (Å²) in [5.41, 5.74) is 5.79. The average molecular weight is 513 g/mol. The summed E-state index contributed by atoms with van der Waals surface area (Å²) in [6.07, 6.45) is 2.72. The van der Waals surface area contributed by atoms with Gasteiger partial charge in [0.25, 0.3) is 5.91 Å². The highest BCUT2D eigenvalue weighted by Crippen LogP contribution is 2.44. The summed E-state index contributed by atoms with van der Waals surface area (Å²) < 4.78 is 5.15. The molecular formula is C31H32N2O3S. The number of ether oxygens (including phenoxy) is 1. The predicted molar refractivity (Wildman–Crippen MR) is 150 cm³/mol. The van der Waals surface area contributed by atoms with Crippen molar-refractivity contribution in [3.63, 3.8) is 0 Å². The lowest BCUT2D eigenvalue weighted by Gasteiger charge is -2.33. The molecule has 2 aromatic heterocycles. The molecule has 0 spiro atoms. The molecule has 0 saturated heterocycles. The van der Waals surface area contributed by atoms with Gasteiger partial charge in [-0.25, -0.2) is 9.78 Å². The van der Waals surface area contributed by atoms with Gasteiger partial charge in [-0.05, 0) is 61.3 Å². The second-order valence-corrected chi connectivity index (χ2v) is 12.0. The minimum atomic E-state index is -0.401. The Hall–Kier alpha value is -3.51. The van der Waals surface area contributed by atoms with Crippen LogP contribution in [0.5, 0.6) is 0 Å². The highest BCUT2D eigenvalue weighted by molar-refractivity contribution is 7.17. The van der Waals surface area contributed by atoms with Crippen LogP contribution >= 0.6 is 11.3 Å². The number of carbonyl (C=O) groups excluding carboxylic acids is 2. The molecule has 0 aliphatic heterocycles. The van der Waals surface area contributed by atoms with E-state index in [9.17, 15) is 9.59 Å². The third-order valence-corrected chi connectivity index (χ3v) is 8.55. The molecule has 5 nitrogen and oxygen atoms in total. The van der Waals surface area contributed by atoms with Crippen LogP contribution in [0, 0.1) is 18.3 Å². The van der Waals surface area contributed by atoms with Crippen LogP contribution in [-0.2, 0) is 17.6 Å². The van der Waals surface area contributed by atoms with Crippen LogP contribution in [0.2, 0.25) is 0 Å². The first kappa shape index (κ1) is 25.2. The van der Waals surface area contributed by atoms with Crippen molar-refractivity contribution >= 4 is 39.1 Å². The number of aromatic nitrogens is 1. The molecule has 1 aliphatic rings. The molecule has 1 N–H and O–H groups in total. The molecule has 0 radical (unpaired) electrons. The first-order valence-corrected chi connectivity index (χ1v) is 13.5. The van der Waals surface area contributed by atoms with Crippen LogP contribution in [0.1, 0.15) is 63.9 Å². The summed E-state index contributed by atoms with van der Waals surface area (Å²) >= 11 is 1.51. The molecule has 37 heavy (non-hydrogen) atoms. The number of aryl methyl sites for hydroxylation is 1. The highest BCUT2D eigenvalue weighted by Gasteiger charge is 2.34. The standard InChI is InChI=1S/C31H32N2O3S/c1-18-9-8-10-19(15-18)25-17-23(21-11-6-7-12-24(21)32-25)28(34)33-29-27(30(35)36-5)22-14-13-20(31(2,3)4)16-26(22)37-29/h6-12,15,17,20H,13-14,16H2,1-5H3,(H,33,34)/t20-/m0/s1. The number of esters is 1. The number of hydrogen-bond acceptors (Lipinski definition) is 5. The number of pyridine rings is 1. The van der Waals surface area contributed by atoms with Gasteiger partial charge in [-0.2, -0.15) is 0 Å². The maximum Gasteiger partial charge on any atom is 0.341 e. The fourth-order valence-electron chi connectivity index (χ4n) is 5.22. The van der Waals surface area contributed by atoms with E-state index in [1.54, 1.807) is 0 Å². The number of anilines is 1. The first-order valence-electron chi connectivity index (χ1n) is 12.7. The van der Waals surface area contributed by atoms with E-state index < -0.39 is 5.97 Å². The number of nitrogens with one attached hydrogen (secondary N) is 1.